The number of ether oxygens (including phenoxy) is 2. The first kappa shape index (κ1) is 13.1. The molecular weight excluding hydrogens is 226 g/mol. The minimum atomic E-state index is -0.198. The summed E-state index contributed by atoms with van der Waals surface area (Å²) < 4.78 is 11.0. The van der Waals surface area contributed by atoms with E-state index in [-0.39, 0.29) is 12.1 Å². The maximum atomic E-state index is 6.12. The van der Waals surface area contributed by atoms with E-state index in [9.17, 15) is 0 Å². The standard InChI is InChI=1S/C12H18ClNO2/c1-7(2)16-12-10(15-4)6-5-9(13)11(12)8(3)14/h5-8H,14H2,1-4H3. The topological polar surface area (TPSA) is 44.5 Å². The molecule has 90 valence electrons. The maximum absolute atomic E-state index is 6.12. The zero-order chi connectivity index (χ0) is 12.3. The van der Waals surface area contributed by atoms with Gasteiger partial charge in [-0.2, -0.15) is 0 Å². The summed E-state index contributed by atoms with van der Waals surface area (Å²) in [6, 6.07) is 3.36. The molecule has 0 heterocycles. The molecule has 1 unspecified atom stereocenters. The zero-order valence-electron chi connectivity index (χ0n) is 10.1. The van der Waals surface area contributed by atoms with Crippen molar-refractivity contribution in [1.29, 1.82) is 0 Å². The lowest BCUT2D eigenvalue weighted by Crippen LogP contribution is -2.13. The minimum absolute atomic E-state index is 0.0462. The summed E-state index contributed by atoms with van der Waals surface area (Å²) in [5.74, 6) is 1.30. The Hall–Kier alpha value is -0.930. The number of hydrogen-bond acceptors (Lipinski definition) is 3. The van der Waals surface area contributed by atoms with Crippen molar-refractivity contribution in [2.24, 2.45) is 5.73 Å². The molecule has 0 aromatic heterocycles. The average molecular weight is 244 g/mol. The van der Waals surface area contributed by atoms with Crippen LogP contribution in [0.15, 0.2) is 12.1 Å². The van der Waals surface area contributed by atoms with Crippen molar-refractivity contribution in [2.45, 2.75) is 32.9 Å². The van der Waals surface area contributed by atoms with Crippen molar-refractivity contribution in [3.05, 3.63) is 22.7 Å². The molecule has 1 aromatic rings. The highest BCUT2D eigenvalue weighted by Crippen LogP contribution is 2.39. The molecule has 0 amide bonds. The Balaban J connectivity index is 3.30. The molecular formula is C12H18ClNO2. The maximum Gasteiger partial charge on any atom is 0.167 e. The minimum Gasteiger partial charge on any atom is -0.493 e. The predicted octanol–water partition coefficient (Wildman–Crippen LogP) is 3.16. The number of methoxy groups -OCH3 is 1. The third-order valence-corrected chi connectivity index (χ3v) is 2.47. The lowest BCUT2D eigenvalue weighted by Gasteiger charge is -2.20. The van der Waals surface area contributed by atoms with Gasteiger partial charge in [0.25, 0.3) is 0 Å². The van der Waals surface area contributed by atoms with Gasteiger partial charge < -0.3 is 15.2 Å². The summed E-state index contributed by atoms with van der Waals surface area (Å²) >= 11 is 6.12. The highest BCUT2D eigenvalue weighted by molar-refractivity contribution is 6.31. The van der Waals surface area contributed by atoms with Gasteiger partial charge in [-0.25, -0.2) is 0 Å². The molecule has 1 rings (SSSR count). The Morgan fingerprint density at radius 1 is 1.25 bits per heavy atom. The van der Waals surface area contributed by atoms with Gasteiger partial charge in [0, 0.05) is 16.6 Å². The Bertz CT molecular complexity index is 364. The van der Waals surface area contributed by atoms with Crippen molar-refractivity contribution < 1.29 is 9.47 Å². The van der Waals surface area contributed by atoms with E-state index >= 15 is 0 Å². The van der Waals surface area contributed by atoms with Crippen molar-refractivity contribution in [3.8, 4) is 11.5 Å². The molecule has 0 fully saturated rings. The first-order chi connectivity index (χ1) is 7.47. The first-order valence-electron chi connectivity index (χ1n) is 5.26. The largest absolute Gasteiger partial charge is 0.493 e. The number of rotatable bonds is 4. The van der Waals surface area contributed by atoms with E-state index < -0.39 is 0 Å². The highest BCUT2D eigenvalue weighted by Gasteiger charge is 2.18. The summed E-state index contributed by atoms with van der Waals surface area (Å²) in [6.45, 7) is 5.77. The Kier molecular flexibility index (Phi) is 4.44. The van der Waals surface area contributed by atoms with Crippen LogP contribution in [0.25, 0.3) is 0 Å². The highest BCUT2D eigenvalue weighted by atomic mass is 35.5. The summed E-state index contributed by atoms with van der Waals surface area (Å²) in [4.78, 5) is 0. The van der Waals surface area contributed by atoms with Gasteiger partial charge in [-0.05, 0) is 32.9 Å². The van der Waals surface area contributed by atoms with Crippen LogP contribution in [0.2, 0.25) is 5.02 Å². The molecule has 0 saturated heterocycles. The van der Waals surface area contributed by atoms with Crippen LogP contribution in [0.1, 0.15) is 32.4 Å². The van der Waals surface area contributed by atoms with Crippen molar-refractivity contribution >= 4 is 11.6 Å². The van der Waals surface area contributed by atoms with Crippen LogP contribution in [0, 0.1) is 0 Å². The zero-order valence-corrected chi connectivity index (χ0v) is 10.8. The third kappa shape index (κ3) is 2.80. The molecule has 0 aliphatic carbocycles. The second kappa shape index (κ2) is 5.41. The molecule has 0 aliphatic rings. The van der Waals surface area contributed by atoms with Gasteiger partial charge in [-0.15, -0.1) is 0 Å². The molecule has 1 aromatic carbocycles. The van der Waals surface area contributed by atoms with Gasteiger partial charge in [-0.1, -0.05) is 11.6 Å². The van der Waals surface area contributed by atoms with E-state index in [2.05, 4.69) is 0 Å². The van der Waals surface area contributed by atoms with Gasteiger partial charge in [0.1, 0.15) is 0 Å². The van der Waals surface area contributed by atoms with Gasteiger partial charge in [0.15, 0.2) is 11.5 Å². The molecule has 1 atom stereocenters. The monoisotopic (exact) mass is 243 g/mol. The second-order valence-corrected chi connectivity index (χ2v) is 4.35. The van der Waals surface area contributed by atoms with Gasteiger partial charge in [0.05, 0.1) is 13.2 Å². The Morgan fingerprint density at radius 2 is 1.88 bits per heavy atom. The Labute approximate surface area is 101 Å². The molecule has 3 nitrogen and oxygen atoms in total. The van der Waals surface area contributed by atoms with Gasteiger partial charge in [0.2, 0.25) is 0 Å². The van der Waals surface area contributed by atoms with E-state index in [0.29, 0.717) is 16.5 Å². The SMILES string of the molecule is COc1ccc(Cl)c(C(C)N)c1OC(C)C. The molecule has 0 bridgehead atoms. The molecule has 0 aliphatic heterocycles. The number of hydrogen-bond donors (Lipinski definition) is 1. The van der Waals surface area contributed by atoms with Crippen molar-refractivity contribution in [2.75, 3.05) is 7.11 Å². The summed E-state index contributed by atoms with van der Waals surface area (Å²) in [5.41, 5.74) is 6.68. The fraction of sp³-hybridized carbons (Fsp3) is 0.500. The fourth-order valence-corrected chi connectivity index (χ4v) is 1.82. The third-order valence-electron chi connectivity index (χ3n) is 2.14. The van der Waals surface area contributed by atoms with E-state index in [0.717, 1.165) is 5.56 Å². The van der Waals surface area contributed by atoms with Crippen molar-refractivity contribution in [1.82, 2.24) is 0 Å². The number of halogens is 1. The van der Waals surface area contributed by atoms with Crippen LogP contribution in [-0.2, 0) is 0 Å². The quantitative estimate of drug-likeness (QED) is 0.884. The normalized spacial score (nSPS) is 12.7. The van der Waals surface area contributed by atoms with Crippen LogP contribution in [0.4, 0.5) is 0 Å². The van der Waals surface area contributed by atoms with Crippen LogP contribution < -0.4 is 15.2 Å². The smallest absolute Gasteiger partial charge is 0.167 e. The first-order valence-corrected chi connectivity index (χ1v) is 5.63. The second-order valence-electron chi connectivity index (χ2n) is 3.95. The van der Waals surface area contributed by atoms with Crippen molar-refractivity contribution in [3.63, 3.8) is 0 Å². The fourth-order valence-electron chi connectivity index (χ4n) is 1.50. The van der Waals surface area contributed by atoms with Crippen LogP contribution in [0.3, 0.4) is 0 Å². The molecule has 16 heavy (non-hydrogen) atoms. The van der Waals surface area contributed by atoms with E-state index in [1.54, 1.807) is 19.2 Å². The molecule has 2 N–H and O–H groups in total. The van der Waals surface area contributed by atoms with Gasteiger partial charge in [-0.3, -0.25) is 0 Å². The van der Waals surface area contributed by atoms with Crippen LogP contribution in [0.5, 0.6) is 11.5 Å². The lowest BCUT2D eigenvalue weighted by molar-refractivity contribution is 0.226. The van der Waals surface area contributed by atoms with Gasteiger partial charge >= 0.3 is 0 Å². The predicted molar refractivity (Wildman–Crippen MR) is 66.4 cm³/mol. The molecule has 0 radical (unpaired) electrons. The summed E-state index contributed by atoms with van der Waals surface area (Å²) in [7, 11) is 1.60. The van der Waals surface area contributed by atoms with E-state index in [4.69, 9.17) is 26.8 Å². The van der Waals surface area contributed by atoms with E-state index in [1.807, 2.05) is 20.8 Å². The number of nitrogens with two attached hydrogens (primary N) is 1. The Morgan fingerprint density at radius 3 is 2.31 bits per heavy atom. The summed E-state index contributed by atoms with van der Waals surface area (Å²) in [6.07, 6.45) is 0.0462. The molecule has 0 saturated carbocycles. The van der Waals surface area contributed by atoms with Crippen LogP contribution in [-0.4, -0.2) is 13.2 Å². The van der Waals surface area contributed by atoms with E-state index in [1.165, 1.54) is 0 Å². The average Bonchev–Trinajstić information content (AvgIpc) is 2.16. The molecule has 4 heteroatoms. The van der Waals surface area contributed by atoms with Crippen LogP contribution >= 0.6 is 11.6 Å². The molecule has 0 spiro atoms. The lowest BCUT2D eigenvalue weighted by atomic mass is 10.1. The summed E-state index contributed by atoms with van der Waals surface area (Å²) in [5, 5.41) is 0.603. The number of benzene rings is 1.